The molecule has 0 fully saturated rings. The molecule has 0 atom stereocenters. The molecule has 5 heteroatoms. The van der Waals surface area contributed by atoms with Gasteiger partial charge >= 0.3 is 5.97 Å². The van der Waals surface area contributed by atoms with Gasteiger partial charge in [0.05, 0.1) is 13.0 Å². The molecule has 100 valence electrons. The van der Waals surface area contributed by atoms with E-state index >= 15 is 0 Å². The highest BCUT2D eigenvalue weighted by molar-refractivity contribution is 7.07. The van der Waals surface area contributed by atoms with E-state index in [1.807, 2.05) is 16.8 Å². The Morgan fingerprint density at radius 2 is 2.21 bits per heavy atom. The predicted octanol–water partition coefficient (Wildman–Crippen LogP) is 2.84. The fourth-order valence-electron chi connectivity index (χ4n) is 1.47. The molecule has 0 saturated carbocycles. The number of hydrogen-bond acceptors (Lipinski definition) is 5. The Balaban J connectivity index is 1.66. The second-order valence-electron chi connectivity index (χ2n) is 3.96. The Hall–Kier alpha value is -2.01. The van der Waals surface area contributed by atoms with E-state index in [0.29, 0.717) is 18.0 Å². The summed E-state index contributed by atoms with van der Waals surface area (Å²) >= 11 is 1.58. The molecule has 2 N–H and O–H groups in total. The van der Waals surface area contributed by atoms with E-state index in [4.69, 9.17) is 15.2 Å². The quantitative estimate of drug-likeness (QED) is 0.651. The molecule has 0 saturated heterocycles. The summed E-state index contributed by atoms with van der Waals surface area (Å²) in [5.74, 6) is 0.390. The second kappa shape index (κ2) is 6.80. The lowest BCUT2D eigenvalue weighted by molar-refractivity contribution is -0.145. The molecule has 0 aliphatic rings. The zero-order valence-electron chi connectivity index (χ0n) is 10.4. The lowest BCUT2D eigenvalue weighted by Crippen LogP contribution is -2.09. The molecule has 0 unspecified atom stereocenters. The summed E-state index contributed by atoms with van der Waals surface area (Å²) in [6, 6.07) is 9.03. The number of nitrogens with two attached hydrogens (primary N) is 1. The standard InChI is InChI=1S/C14H15NO3S/c15-12-2-1-3-13(8-12)17-6-4-14(16)18-9-11-5-7-19-10-11/h1-3,5,7-8,10H,4,6,9,15H2. The number of rotatable bonds is 6. The van der Waals surface area contributed by atoms with E-state index in [1.165, 1.54) is 0 Å². The minimum atomic E-state index is -0.268. The van der Waals surface area contributed by atoms with E-state index in [1.54, 1.807) is 35.6 Å². The number of nitrogen functional groups attached to an aromatic ring is 1. The molecule has 0 spiro atoms. The summed E-state index contributed by atoms with van der Waals surface area (Å²) in [6.07, 6.45) is 0.221. The fourth-order valence-corrected chi connectivity index (χ4v) is 2.12. The van der Waals surface area contributed by atoms with Crippen LogP contribution in [0.2, 0.25) is 0 Å². The van der Waals surface area contributed by atoms with Crippen molar-refractivity contribution in [2.75, 3.05) is 12.3 Å². The molecule has 4 nitrogen and oxygen atoms in total. The molecular weight excluding hydrogens is 262 g/mol. The van der Waals surface area contributed by atoms with Crippen LogP contribution in [0.15, 0.2) is 41.1 Å². The van der Waals surface area contributed by atoms with Gasteiger partial charge in [-0.25, -0.2) is 0 Å². The highest BCUT2D eigenvalue weighted by atomic mass is 32.1. The number of benzene rings is 1. The summed E-state index contributed by atoms with van der Waals surface area (Å²) in [6.45, 7) is 0.604. The van der Waals surface area contributed by atoms with Crippen LogP contribution in [0.3, 0.4) is 0 Å². The van der Waals surface area contributed by atoms with Crippen LogP contribution in [0.4, 0.5) is 5.69 Å². The minimum absolute atomic E-state index is 0.221. The third-order valence-electron chi connectivity index (χ3n) is 2.41. The van der Waals surface area contributed by atoms with Crippen molar-refractivity contribution in [3.63, 3.8) is 0 Å². The first-order valence-electron chi connectivity index (χ1n) is 5.89. The number of anilines is 1. The highest BCUT2D eigenvalue weighted by Gasteiger charge is 2.04. The molecule has 19 heavy (non-hydrogen) atoms. The van der Waals surface area contributed by atoms with Crippen molar-refractivity contribution >= 4 is 23.0 Å². The number of thiophene rings is 1. The largest absolute Gasteiger partial charge is 0.493 e. The van der Waals surface area contributed by atoms with E-state index in [9.17, 15) is 4.79 Å². The number of hydrogen-bond donors (Lipinski definition) is 1. The van der Waals surface area contributed by atoms with Crippen LogP contribution in [0, 0.1) is 0 Å². The van der Waals surface area contributed by atoms with Gasteiger partial charge in [0.1, 0.15) is 12.4 Å². The van der Waals surface area contributed by atoms with Crippen molar-refractivity contribution in [2.45, 2.75) is 13.0 Å². The third kappa shape index (κ3) is 4.63. The lowest BCUT2D eigenvalue weighted by atomic mass is 10.3. The molecule has 0 bridgehead atoms. The zero-order chi connectivity index (χ0) is 13.5. The van der Waals surface area contributed by atoms with Gasteiger partial charge in [-0.1, -0.05) is 6.07 Å². The van der Waals surface area contributed by atoms with Crippen LogP contribution >= 0.6 is 11.3 Å². The van der Waals surface area contributed by atoms with Crippen molar-refractivity contribution in [3.05, 3.63) is 46.7 Å². The maximum atomic E-state index is 11.5. The van der Waals surface area contributed by atoms with Crippen LogP contribution in [-0.4, -0.2) is 12.6 Å². The summed E-state index contributed by atoms with van der Waals surface area (Å²) in [5.41, 5.74) is 7.27. The van der Waals surface area contributed by atoms with Gasteiger partial charge in [0.15, 0.2) is 0 Å². The molecular formula is C14H15NO3S. The van der Waals surface area contributed by atoms with E-state index in [0.717, 1.165) is 5.56 Å². The SMILES string of the molecule is Nc1cccc(OCCC(=O)OCc2ccsc2)c1. The maximum absolute atomic E-state index is 11.5. The molecule has 2 aromatic rings. The number of carbonyl (C=O) groups is 1. The van der Waals surface area contributed by atoms with E-state index in [2.05, 4.69) is 0 Å². The smallest absolute Gasteiger partial charge is 0.309 e. The number of carbonyl (C=O) groups excluding carboxylic acids is 1. The molecule has 0 amide bonds. The van der Waals surface area contributed by atoms with E-state index in [-0.39, 0.29) is 19.0 Å². The van der Waals surface area contributed by atoms with Gasteiger partial charge in [-0.15, -0.1) is 0 Å². The zero-order valence-corrected chi connectivity index (χ0v) is 11.2. The average molecular weight is 277 g/mol. The average Bonchev–Trinajstić information content (AvgIpc) is 2.89. The Morgan fingerprint density at radius 1 is 1.32 bits per heavy atom. The van der Waals surface area contributed by atoms with Gasteiger partial charge in [0, 0.05) is 17.3 Å². The molecule has 1 aromatic carbocycles. The third-order valence-corrected chi connectivity index (χ3v) is 3.14. The molecule has 0 radical (unpaired) electrons. The number of esters is 1. The lowest BCUT2D eigenvalue weighted by Gasteiger charge is -2.07. The van der Waals surface area contributed by atoms with Gasteiger partial charge in [-0.2, -0.15) is 11.3 Å². The fraction of sp³-hybridized carbons (Fsp3) is 0.214. The summed E-state index contributed by atoms with van der Waals surface area (Å²) in [4.78, 5) is 11.5. The number of ether oxygens (including phenoxy) is 2. The Morgan fingerprint density at radius 3 is 2.95 bits per heavy atom. The molecule has 2 rings (SSSR count). The van der Waals surface area contributed by atoms with Crippen LogP contribution in [0.5, 0.6) is 5.75 Å². The molecule has 0 aliphatic heterocycles. The topological polar surface area (TPSA) is 61.5 Å². The van der Waals surface area contributed by atoms with Crippen LogP contribution in [0.25, 0.3) is 0 Å². The monoisotopic (exact) mass is 277 g/mol. The second-order valence-corrected chi connectivity index (χ2v) is 4.74. The van der Waals surface area contributed by atoms with Crippen LogP contribution in [0.1, 0.15) is 12.0 Å². The maximum Gasteiger partial charge on any atom is 0.309 e. The normalized spacial score (nSPS) is 10.1. The molecule has 0 aliphatic carbocycles. The summed E-state index contributed by atoms with van der Waals surface area (Å²) in [5, 5.41) is 3.91. The van der Waals surface area contributed by atoms with E-state index < -0.39 is 0 Å². The summed E-state index contributed by atoms with van der Waals surface area (Å²) < 4.78 is 10.5. The van der Waals surface area contributed by atoms with Crippen LogP contribution < -0.4 is 10.5 Å². The van der Waals surface area contributed by atoms with Crippen LogP contribution in [-0.2, 0) is 16.1 Å². The Labute approximate surface area is 115 Å². The van der Waals surface area contributed by atoms with Crippen molar-refractivity contribution in [2.24, 2.45) is 0 Å². The van der Waals surface area contributed by atoms with Gasteiger partial charge in [0.25, 0.3) is 0 Å². The Bertz CT molecular complexity index is 525. The van der Waals surface area contributed by atoms with Gasteiger partial charge in [-0.3, -0.25) is 4.79 Å². The predicted molar refractivity (Wildman–Crippen MR) is 75.1 cm³/mol. The van der Waals surface area contributed by atoms with Crippen molar-refractivity contribution in [3.8, 4) is 5.75 Å². The first-order valence-corrected chi connectivity index (χ1v) is 6.83. The van der Waals surface area contributed by atoms with Gasteiger partial charge < -0.3 is 15.2 Å². The highest BCUT2D eigenvalue weighted by Crippen LogP contribution is 2.14. The van der Waals surface area contributed by atoms with Crippen molar-refractivity contribution in [1.29, 1.82) is 0 Å². The minimum Gasteiger partial charge on any atom is -0.493 e. The van der Waals surface area contributed by atoms with Gasteiger partial charge in [-0.05, 0) is 29.0 Å². The molecule has 1 aromatic heterocycles. The Kier molecular flexibility index (Phi) is 4.80. The molecule has 1 heterocycles. The van der Waals surface area contributed by atoms with Gasteiger partial charge in [0.2, 0.25) is 0 Å². The van der Waals surface area contributed by atoms with Crippen molar-refractivity contribution < 1.29 is 14.3 Å². The first-order chi connectivity index (χ1) is 9.24. The first kappa shape index (κ1) is 13.4. The van der Waals surface area contributed by atoms with Crippen molar-refractivity contribution in [1.82, 2.24) is 0 Å². The summed E-state index contributed by atoms with van der Waals surface area (Å²) in [7, 11) is 0.